The average Bonchev–Trinajstić information content (AvgIpc) is 3.23. The molecular formula is C18H11FN2O4S. The van der Waals surface area contributed by atoms with Crippen LogP contribution in [0.2, 0.25) is 0 Å². The fraction of sp³-hybridized carbons (Fsp3) is 0.111. The van der Waals surface area contributed by atoms with Gasteiger partial charge in [0.1, 0.15) is 5.82 Å². The van der Waals surface area contributed by atoms with Crippen LogP contribution in [0.4, 0.5) is 4.39 Å². The second-order valence-electron chi connectivity index (χ2n) is 5.80. The van der Waals surface area contributed by atoms with E-state index in [0.29, 0.717) is 11.3 Å². The lowest BCUT2D eigenvalue weighted by atomic mass is 9.93. The Labute approximate surface area is 150 Å². The zero-order valence-electron chi connectivity index (χ0n) is 13.5. The molecule has 0 radical (unpaired) electrons. The number of carbonyl (C=O) groups excluding carboxylic acids is 3. The van der Waals surface area contributed by atoms with Crippen molar-refractivity contribution in [2.24, 2.45) is 0 Å². The Morgan fingerprint density at radius 1 is 1.27 bits per heavy atom. The monoisotopic (exact) mass is 370 g/mol. The van der Waals surface area contributed by atoms with Crippen molar-refractivity contribution in [3.05, 3.63) is 74.0 Å². The number of carbonyl (C=O) groups is 3. The van der Waals surface area contributed by atoms with E-state index in [4.69, 9.17) is 4.52 Å². The van der Waals surface area contributed by atoms with Crippen LogP contribution in [0, 0.1) is 12.7 Å². The van der Waals surface area contributed by atoms with E-state index in [2.05, 4.69) is 10.5 Å². The Bertz CT molecular complexity index is 1080. The average molecular weight is 370 g/mol. The predicted octanol–water partition coefficient (Wildman–Crippen LogP) is 2.89. The first kappa shape index (κ1) is 16.3. The van der Waals surface area contributed by atoms with Crippen molar-refractivity contribution in [3.8, 4) is 0 Å². The van der Waals surface area contributed by atoms with Crippen LogP contribution in [0.15, 0.2) is 34.9 Å². The van der Waals surface area contributed by atoms with Crippen LogP contribution in [0.25, 0.3) is 0 Å². The Morgan fingerprint density at radius 3 is 2.85 bits per heavy atom. The summed E-state index contributed by atoms with van der Waals surface area (Å²) in [6.07, 6.45) is 0. The molecule has 1 amide bonds. The summed E-state index contributed by atoms with van der Waals surface area (Å²) in [7, 11) is 0. The summed E-state index contributed by atoms with van der Waals surface area (Å²) in [4.78, 5) is 37.8. The van der Waals surface area contributed by atoms with E-state index in [1.54, 1.807) is 19.1 Å². The number of hydrogen-bond acceptors (Lipinski definition) is 6. The van der Waals surface area contributed by atoms with Gasteiger partial charge in [0.05, 0.1) is 21.0 Å². The summed E-state index contributed by atoms with van der Waals surface area (Å²) in [5.41, 5.74) is 1.23. The number of halogens is 1. The zero-order valence-corrected chi connectivity index (χ0v) is 14.3. The highest BCUT2D eigenvalue weighted by Crippen LogP contribution is 2.34. The van der Waals surface area contributed by atoms with Crippen LogP contribution in [-0.4, -0.2) is 22.6 Å². The van der Waals surface area contributed by atoms with Crippen LogP contribution >= 0.6 is 11.3 Å². The number of benzene rings is 1. The van der Waals surface area contributed by atoms with E-state index in [9.17, 15) is 18.8 Å². The molecule has 2 aromatic heterocycles. The van der Waals surface area contributed by atoms with Crippen molar-refractivity contribution in [1.82, 2.24) is 10.5 Å². The molecule has 0 fully saturated rings. The normalized spacial score (nSPS) is 12.7. The van der Waals surface area contributed by atoms with E-state index < -0.39 is 17.5 Å². The van der Waals surface area contributed by atoms with Gasteiger partial charge in [-0.25, -0.2) is 4.39 Å². The summed E-state index contributed by atoms with van der Waals surface area (Å²) in [5, 5.41) is 6.32. The molecule has 1 aromatic carbocycles. The number of aromatic nitrogens is 1. The summed E-state index contributed by atoms with van der Waals surface area (Å²) in [6, 6.07) is 7.25. The molecule has 8 heteroatoms. The zero-order chi connectivity index (χ0) is 18.4. The van der Waals surface area contributed by atoms with Crippen molar-refractivity contribution < 1.29 is 23.3 Å². The minimum Gasteiger partial charge on any atom is -0.352 e. The number of amides is 1. The molecule has 3 aromatic rings. The maximum Gasteiger partial charge on any atom is 0.261 e. The largest absolute Gasteiger partial charge is 0.352 e. The summed E-state index contributed by atoms with van der Waals surface area (Å²) >= 11 is 0.943. The van der Waals surface area contributed by atoms with Gasteiger partial charge in [0.25, 0.3) is 5.91 Å². The number of nitrogens with one attached hydrogen (secondary N) is 1. The number of thiophene rings is 1. The highest BCUT2D eigenvalue weighted by atomic mass is 32.1. The van der Waals surface area contributed by atoms with Crippen molar-refractivity contribution in [2.75, 3.05) is 0 Å². The molecule has 0 bridgehead atoms. The van der Waals surface area contributed by atoms with E-state index in [-0.39, 0.29) is 39.0 Å². The standard InChI is InChI=1S/C18H11FN2O4S/c1-8-13-15(23)17-11(14(22)16(13)25-21-8)6-12(26-17)18(24)20-7-9-3-2-4-10(19)5-9/h2-6H,7H2,1H3,(H,20,24). The lowest BCUT2D eigenvalue weighted by molar-refractivity contribution is 0.0953. The molecule has 2 heterocycles. The second kappa shape index (κ2) is 5.99. The quantitative estimate of drug-likeness (QED) is 0.599. The third-order valence-corrected chi connectivity index (χ3v) is 5.18. The number of ketones is 2. The van der Waals surface area contributed by atoms with Gasteiger partial charge in [-0.05, 0) is 30.7 Å². The highest BCUT2D eigenvalue weighted by molar-refractivity contribution is 7.16. The molecule has 1 aliphatic rings. The van der Waals surface area contributed by atoms with Crippen LogP contribution in [0.3, 0.4) is 0 Å². The molecule has 0 atom stereocenters. The fourth-order valence-electron chi connectivity index (χ4n) is 2.78. The molecule has 0 saturated carbocycles. The molecule has 130 valence electrons. The Balaban J connectivity index is 1.59. The van der Waals surface area contributed by atoms with Gasteiger partial charge < -0.3 is 9.84 Å². The van der Waals surface area contributed by atoms with Gasteiger partial charge in [-0.3, -0.25) is 14.4 Å². The predicted molar refractivity (Wildman–Crippen MR) is 90.0 cm³/mol. The molecule has 26 heavy (non-hydrogen) atoms. The molecule has 4 rings (SSSR count). The Kier molecular flexibility index (Phi) is 3.77. The molecule has 6 nitrogen and oxygen atoms in total. The first-order valence-corrected chi connectivity index (χ1v) is 8.49. The van der Waals surface area contributed by atoms with E-state index >= 15 is 0 Å². The minimum atomic E-state index is -0.462. The molecule has 0 saturated heterocycles. The molecule has 1 aliphatic carbocycles. The van der Waals surface area contributed by atoms with Crippen molar-refractivity contribution in [3.63, 3.8) is 0 Å². The lowest BCUT2D eigenvalue weighted by Gasteiger charge is -2.07. The smallest absolute Gasteiger partial charge is 0.261 e. The fourth-order valence-corrected chi connectivity index (χ4v) is 3.80. The van der Waals surface area contributed by atoms with Crippen molar-refractivity contribution >= 4 is 28.8 Å². The van der Waals surface area contributed by atoms with Gasteiger partial charge >= 0.3 is 0 Å². The Morgan fingerprint density at radius 2 is 2.08 bits per heavy atom. The van der Waals surface area contributed by atoms with Gasteiger partial charge in [-0.15, -0.1) is 11.3 Å². The van der Waals surface area contributed by atoms with E-state index in [0.717, 1.165) is 11.3 Å². The van der Waals surface area contributed by atoms with Crippen molar-refractivity contribution in [1.29, 1.82) is 0 Å². The maximum absolute atomic E-state index is 13.2. The van der Waals surface area contributed by atoms with E-state index in [1.807, 2.05) is 0 Å². The molecular weight excluding hydrogens is 359 g/mol. The third-order valence-electron chi connectivity index (χ3n) is 4.04. The van der Waals surface area contributed by atoms with Gasteiger partial charge in [0, 0.05) is 12.1 Å². The van der Waals surface area contributed by atoms with E-state index in [1.165, 1.54) is 18.2 Å². The van der Waals surface area contributed by atoms with Crippen LogP contribution < -0.4 is 5.32 Å². The number of fused-ring (bicyclic) bond motifs is 2. The third kappa shape index (κ3) is 2.55. The number of nitrogens with zero attached hydrogens (tertiary/aromatic N) is 1. The molecule has 1 N–H and O–H groups in total. The number of hydrogen-bond donors (Lipinski definition) is 1. The van der Waals surface area contributed by atoms with Crippen LogP contribution in [-0.2, 0) is 6.54 Å². The van der Waals surface area contributed by atoms with Gasteiger partial charge in [-0.2, -0.15) is 0 Å². The highest BCUT2D eigenvalue weighted by Gasteiger charge is 2.38. The number of aryl methyl sites for hydroxylation is 1. The van der Waals surface area contributed by atoms with Crippen LogP contribution in [0.5, 0.6) is 0 Å². The summed E-state index contributed by atoms with van der Waals surface area (Å²) in [5.74, 6) is -1.76. The molecule has 0 spiro atoms. The number of rotatable bonds is 3. The first-order chi connectivity index (χ1) is 12.5. The summed E-state index contributed by atoms with van der Waals surface area (Å²) in [6.45, 7) is 1.71. The summed E-state index contributed by atoms with van der Waals surface area (Å²) < 4.78 is 18.1. The van der Waals surface area contributed by atoms with Gasteiger partial charge in [0.15, 0.2) is 0 Å². The Hall–Kier alpha value is -3.13. The molecule has 0 aliphatic heterocycles. The maximum atomic E-state index is 13.2. The SMILES string of the molecule is Cc1noc2c1C(=O)c1sc(C(=O)NCc3cccc(F)c3)cc1C2=O. The van der Waals surface area contributed by atoms with Crippen LogP contribution in [0.1, 0.15) is 52.3 Å². The lowest BCUT2D eigenvalue weighted by Crippen LogP contribution is -2.21. The van der Waals surface area contributed by atoms with Crippen molar-refractivity contribution in [2.45, 2.75) is 13.5 Å². The molecule has 0 unspecified atom stereocenters. The topological polar surface area (TPSA) is 89.3 Å². The minimum absolute atomic E-state index is 0.0930. The van der Waals surface area contributed by atoms with Gasteiger partial charge in [-0.1, -0.05) is 17.3 Å². The second-order valence-corrected chi connectivity index (χ2v) is 6.85. The first-order valence-electron chi connectivity index (χ1n) is 7.68. The van der Waals surface area contributed by atoms with Gasteiger partial charge in [0.2, 0.25) is 17.3 Å².